The van der Waals surface area contributed by atoms with Gasteiger partial charge < -0.3 is 5.73 Å². The number of aryl methyl sites for hydroxylation is 1. The number of nitrogen functional groups attached to an aromatic ring is 1. The van der Waals surface area contributed by atoms with Crippen molar-refractivity contribution in [1.29, 1.82) is 0 Å². The molecule has 2 amide bonds. The number of nitrogens with zero attached hydrogens (tertiary/aromatic N) is 1. The Morgan fingerprint density at radius 1 is 1.45 bits per heavy atom. The third kappa shape index (κ3) is 2.82. The Morgan fingerprint density at radius 3 is 2.75 bits per heavy atom. The number of rotatable bonds is 4. The van der Waals surface area contributed by atoms with E-state index in [0.717, 1.165) is 16.9 Å². The Balaban J connectivity index is 2.15. The summed E-state index contributed by atoms with van der Waals surface area (Å²) in [7, 11) is 0. The summed E-state index contributed by atoms with van der Waals surface area (Å²) in [5, 5.41) is -0.346. The Morgan fingerprint density at radius 2 is 2.15 bits per heavy atom. The fourth-order valence-corrected chi connectivity index (χ4v) is 3.38. The molecule has 20 heavy (non-hydrogen) atoms. The van der Waals surface area contributed by atoms with Crippen LogP contribution in [0.15, 0.2) is 23.1 Å². The van der Waals surface area contributed by atoms with E-state index in [1.165, 1.54) is 16.7 Å². The minimum atomic E-state index is -0.346. The van der Waals surface area contributed by atoms with Crippen molar-refractivity contribution in [1.82, 2.24) is 4.90 Å². The van der Waals surface area contributed by atoms with Crippen LogP contribution in [0.4, 0.5) is 5.69 Å². The van der Waals surface area contributed by atoms with E-state index in [1.54, 1.807) is 0 Å². The number of carbonyl (C=O) groups is 2. The van der Waals surface area contributed by atoms with Gasteiger partial charge >= 0.3 is 0 Å². The van der Waals surface area contributed by atoms with Gasteiger partial charge in [0.15, 0.2) is 0 Å². The fraction of sp³-hybridized carbons (Fsp3) is 0.467. The Labute approximate surface area is 123 Å². The lowest BCUT2D eigenvalue weighted by Gasteiger charge is -2.21. The van der Waals surface area contributed by atoms with E-state index < -0.39 is 0 Å². The van der Waals surface area contributed by atoms with E-state index in [2.05, 4.69) is 0 Å². The molecule has 0 aromatic heterocycles. The molecule has 1 saturated heterocycles. The summed E-state index contributed by atoms with van der Waals surface area (Å²) in [4.78, 5) is 26.6. The van der Waals surface area contributed by atoms with E-state index in [0.29, 0.717) is 5.69 Å². The summed E-state index contributed by atoms with van der Waals surface area (Å²) >= 11 is 1.39. The molecule has 0 radical (unpaired) electrons. The Kier molecular flexibility index (Phi) is 4.38. The Bertz CT molecular complexity index is 545. The standard InChI is InChI=1S/C15H20N2O2S/c1-4-10(3)17-14(18)8-13(15(17)19)20-12-6-5-9(2)7-11(12)16/h5-7,10,13H,4,8,16H2,1-3H3. The number of nitrogens with two attached hydrogens (primary N) is 1. The molecule has 1 aromatic rings. The Hall–Kier alpha value is -1.49. The normalized spacial score (nSPS) is 20.6. The molecule has 1 aromatic carbocycles. The zero-order chi connectivity index (χ0) is 14.9. The first kappa shape index (κ1) is 14.9. The second-order valence-electron chi connectivity index (χ2n) is 5.21. The second kappa shape index (κ2) is 5.87. The summed E-state index contributed by atoms with van der Waals surface area (Å²) in [6.45, 7) is 5.85. The maximum atomic E-state index is 12.3. The summed E-state index contributed by atoms with van der Waals surface area (Å²) in [6, 6.07) is 5.73. The number of hydrogen-bond acceptors (Lipinski definition) is 4. The second-order valence-corrected chi connectivity index (χ2v) is 6.46. The first-order chi connectivity index (χ1) is 9.43. The van der Waals surface area contributed by atoms with Gasteiger partial charge in [0.2, 0.25) is 11.8 Å². The van der Waals surface area contributed by atoms with Crippen LogP contribution >= 0.6 is 11.8 Å². The number of carbonyl (C=O) groups excluding carboxylic acids is 2. The van der Waals surface area contributed by atoms with Crippen molar-refractivity contribution in [3.05, 3.63) is 23.8 Å². The van der Waals surface area contributed by atoms with Crippen molar-refractivity contribution in [3.8, 4) is 0 Å². The predicted octanol–water partition coefficient (Wildman–Crippen LogP) is 2.60. The lowest BCUT2D eigenvalue weighted by atomic mass is 10.2. The topological polar surface area (TPSA) is 63.4 Å². The largest absolute Gasteiger partial charge is 0.398 e. The third-order valence-corrected chi connectivity index (χ3v) is 4.89. The molecule has 1 heterocycles. The van der Waals surface area contributed by atoms with Gasteiger partial charge in [-0.3, -0.25) is 14.5 Å². The van der Waals surface area contributed by atoms with E-state index in [9.17, 15) is 9.59 Å². The number of amides is 2. The lowest BCUT2D eigenvalue weighted by molar-refractivity contribution is -0.140. The summed E-state index contributed by atoms with van der Waals surface area (Å²) < 4.78 is 0. The SMILES string of the molecule is CCC(C)N1C(=O)CC(Sc2ccc(C)cc2N)C1=O. The molecule has 0 spiro atoms. The zero-order valence-electron chi connectivity index (χ0n) is 12.1. The van der Waals surface area contributed by atoms with Crippen LogP contribution in [0.1, 0.15) is 32.3 Å². The molecule has 1 fully saturated rings. The van der Waals surface area contributed by atoms with Gasteiger partial charge in [0, 0.05) is 23.0 Å². The highest BCUT2D eigenvalue weighted by Crippen LogP contribution is 2.35. The number of imide groups is 1. The van der Waals surface area contributed by atoms with Crippen LogP contribution in [0.2, 0.25) is 0 Å². The maximum Gasteiger partial charge on any atom is 0.243 e. The minimum absolute atomic E-state index is 0.0315. The van der Waals surface area contributed by atoms with Crippen molar-refractivity contribution in [2.75, 3.05) is 5.73 Å². The van der Waals surface area contributed by atoms with Crippen molar-refractivity contribution in [2.45, 2.75) is 49.8 Å². The van der Waals surface area contributed by atoms with E-state index in [1.807, 2.05) is 39.0 Å². The molecule has 5 heteroatoms. The van der Waals surface area contributed by atoms with Crippen LogP contribution in [0.5, 0.6) is 0 Å². The molecule has 0 bridgehead atoms. The quantitative estimate of drug-likeness (QED) is 0.684. The van der Waals surface area contributed by atoms with Gasteiger partial charge in [-0.15, -0.1) is 11.8 Å². The highest BCUT2D eigenvalue weighted by atomic mass is 32.2. The van der Waals surface area contributed by atoms with E-state index in [4.69, 9.17) is 5.73 Å². The number of likely N-dealkylation sites (tertiary alicyclic amines) is 1. The molecule has 1 aliphatic rings. The van der Waals surface area contributed by atoms with Gasteiger partial charge in [0.05, 0.1) is 5.25 Å². The van der Waals surface area contributed by atoms with Crippen molar-refractivity contribution >= 4 is 29.3 Å². The van der Waals surface area contributed by atoms with E-state index in [-0.39, 0.29) is 29.5 Å². The highest BCUT2D eigenvalue weighted by Gasteiger charge is 2.41. The summed E-state index contributed by atoms with van der Waals surface area (Å²) in [5.74, 6) is -0.165. The molecule has 0 saturated carbocycles. The molecular formula is C15H20N2O2S. The summed E-state index contributed by atoms with van der Waals surface area (Å²) in [6.07, 6.45) is 1.04. The van der Waals surface area contributed by atoms with Gasteiger partial charge in [0.25, 0.3) is 0 Å². The van der Waals surface area contributed by atoms with Crippen LogP contribution in [0.3, 0.4) is 0 Å². The maximum absolute atomic E-state index is 12.3. The molecule has 1 aliphatic heterocycles. The molecule has 4 nitrogen and oxygen atoms in total. The zero-order valence-corrected chi connectivity index (χ0v) is 12.9. The average Bonchev–Trinajstić information content (AvgIpc) is 2.67. The van der Waals surface area contributed by atoms with Gasteiger partial charge in [-0.05, 0) is 38.0 Å². The monoisotopic (exact) mass is 292 g/mol. The highest BCUT2D eigenvalue weighted by molar-refractivity contribution is 8.00. The molecule has 2 atom stereocenters. The smallest absolute Gasteiger partial charge is 0.243 e. The van der Waals surface area contributed by atoms with Crippen LogP contribution in [0, 0.1) is 6.92 Å². The number of hydrogen-bond donors (Lipinski definition) is 1. The van der Waals surface area contributed by atoms with Gasteiger partial charge in [0.1, 0.15) is 0 Å². The molecule has 2 rings (SSSR count). The molecule has 2 N–H and O–H groups in total. The lowest BCUT2D eigenvalue weighted by Crippen LogP contribution is -2.38. The van der Waals surface area contributed by atoms with Crippen molar-refractivity contribution in [2.24, 2.45) is 0 Å². The van der Waals surface area contributed by atoms with Gasteiger partial charge in [-0.25, -0.2) is 0 Å². The number of benzene rings is 1. The van der Waals surface area contributed by atoms with Crippen LogP contribution < -0.4 is 5.73 Å². The van der Waals surface area contributed by atoms with Crippen molar-refractivity contribution in [3.63, 3.8) is 0 Å². The van der Waals surface area contributed by atoms with E-state index >= 15 is 0 Å². The third-order valence-electron chi connectivity index (χ3n) is 3.61. The van der Waals surface area contributed by atoms with Gasteiger partial charge in [-0.2, -0.15) is 0 Å². The summed E-state index contributed by atoms with van der Waals surface area (Å²) in [5.41, 5.74) is 7.72. The molecule has 108 valence electrons. The number of anilines is 1. The van der Waals surface area contributed by atoms with Crippen LogP contribution in [0.25, 0.3) is 0 Å². The first-order valence-corrected chi connectivity index (χ1v) is 7.70. The fourth-order valence-electron chi connectivity index (χ4n) is 2.29. The number of thioether (sulfide) groups is 1. The van der Waals surface area contributed by atoms with Crippen LogP contribution in [-0.4, -0.2) is 28.0 Å². The molecule has 0 aliphatic carbocycles. The van der Waals surface area contributed by atoms with Crippen LogP contribution in [-0.2, 0) is 9.59 Å². The average molecular weight is 292 g/mol. The molecular weight excluding hydrogens is 272 g/mol. The van der Waals surface area contributed by atoms with Crippen molar-refractivity contribution < 1.29 is 9.59 Å². The van der Waals surface area contributed by atoms with Gasteiger partial charge in [-0.1, -0.05) is 13.0 Å². The predicted molar refractivity (Wildman–Crippen MR) is 81.5 cm³/mol. The first-order valence-electron chi connectivity index (χ1n) is 6.82. The molecule has 2 unspecified atom stereocenters. The minimum Gasteiger partial charge on any atom is -0.398 e.